The SMILES string of the molecule is COc1ccc2cc(C[N+](=O)[O-])ccc2c1. The van der Waals surface area contributed by atoms with E-state index in [4.69, 9.17) is 4.74 Å². The van der Waals surface area contributed by atoms with Crippen LogP contribution in [0.25, 0.3) is 10.8 Å². The monoisotopic (exact) mass is 217 g/mol. The summed E-state index contributed by atoms with van der Waals surface area (Å²) in [6.45, 7) is -0.137. The lowest BCUT2D eigenvalue weighted by Crippen LogP contribution is -1.97. The van der Waals surface area contributed by atoms with Crippen molar-refractivity contribution >= 4 is 10.8 Å². The van der Waals surface area contributed by atoms with Crippen molar-refractivity contribution in [2.24, 2.45) is 0 Å². The van der Waals surface area contributed by atoms with Gasteiger partial charge in [-0.2, -0.15) is 0 Å². The van der Waals surface area contributed by atoms with Crippen LogP contribution in [0.5, 0.6) is 5.75 Å². The molecule has 0 N–H and O–H groups in total. The Morgan fingerprint density at radius 2 is 1.88 bits per heavy atom. The number of fused-ring (bicyclic) bond motifs is 1. The predicted octanol–water partition coefficient (Wildman–Crippen LogP) is 2.63. The van der Waals surface area contributed by atoms with E-state index in [2.05, 4.69) is 0 Å². The van der Waals surface area contributed by atoms with Crippen LogP contribution in [-0.2, 0) is 6.54 Å². The molecule has 0 aliphatic carbocycles. The van der Waals surface area contributed by atoms with Crippen molar-refractivity contribution in [2.45, 2.75) is 6.54 Å². The number of methoxy groups -OCH3 is 1. The van der Waals surface area contributed by atoms with E-state index in [1.165, 1.54) is 0 Å². The lowest BCUT2D eigenvalue weighted by Gasteiger charge is -2.03. The molecule has 16 heavy (non-hydrogen) atoms. The third-order valence-corrected chi connectivity index (χ3v) is 2.42. The van der Waals surface area contributed by atoms with Gasteiger partial charge in [0.05, 0.1) is 7.11 Å². The first kappa shape index (κ1) is 10.4. The van der Waals surface area contributed by atoms with Gasteiger partial charge in [0.2, 0.25) is 6.54 Å². The molecule has 0 aliphatic heterocycles. The minimum absolute atomic E-state index is 0.137. The molecule has 4 heteroatoms. The quantitative estimate of drug-likeness (QED) is 0.586. The van der Waals surface area contributed by atoms with Crippen molar-refractivity contribution < 1.29 is 9.66 Å². The summed E-state index contributed by atoms with van der Waals surface area (Å²) >= 11 is 0. The summed E-state index contributed by atoms with van der Waals surface area (Å²) in [4.78, 5) is 10.1. The molecule has 0 spiro atoms. The molecule has 82 valence electrons. The summed E-state index contributed by atoms with van der Waals surface area (Å²) in [5.41, 5.74) is 0.711. The highest BCUT2D eigenvalue weighted by atomic mass is 16.6. The zero-order valence-electron chi connectivity index (χ0n) is 8.84. The second-order valence-corrected chi connectivity index (χ2v) is 3.54. The Balaban J connectivity index is 2.43. The minimum atomic E-state index is -0.329. The summed E-state index contributed by atoms with van der Waals surface area (Å²) in [5, 5.41) is 12.4. The maximum atomic E-state index is 10.4. The van der Waals surface area contributed by atoms with E-state index in [1.54, 1.807) is 13.2 Å². The zero-order valence-corrected chi connectivity index (χ0v) is 8.84. The van der Waals surface area contributed by atoms with E-state index in [0.29, 0.717) is 5.56 Å². The van der Waals surface area contributed by atoms with Crippen molar-refractivity contribution in [1.29, 1.82) is 0 Å². The first-order chi connectivity index (χ1) is 7.69. The van der Waals surface area contributed by atoms with Crippen LogP contribution >= 0.6 is 0 Å². The van der Waals surface area contributed by atoms with Crippen LogP contribution in [0.2, 0.25) is 0 Å². The Morgan fingerprint density at radius 3 is 2.56 bits per heavy atom. The molecule has 0 radical (unpaired) electrons. The average Bonchev–Trinajstić information content (AvgIpc) is 2.27. The van der Waals surface area contributed by atoms with Crippen LogP contribution in [-0.4, -0.2) is 12.0 Å². The molecule has 0 amide bonds. The van der Waals surface area contributed by atoms with Gasteiger partial charge in [0.15, 0.2) is 0 Å². The highest BCUT2D eigenvalue weighted by Crippen LogP contribution is 2.21. The number of hydrogen-bond donors (Lipinski definition) is 0. The molecular weight excluding hydrogens is 206 g/mol. The fourth-order valence-electron chi connectivity index (χ4n) is 1.65. The molecule has 0 bridgehead atoms. The molecule has 0 aromatic heterocycles. The molecule has 0 aliphatic rings. The van der Waals surface area contributed by atoms with Crippen LogP contribution in [0.1, 0.15) is 5.56 Å². The predicted molar refractivity (Wildman–Crippen MR) is 61.2 cm³/mol. The maximum Gasteiger partial charge on any atom is 0.228 e. The van der Waals surface area contributed by atoms with Crippen molar-refractivity contribution in [3.05, 3.63) is 52.1 Å². The molecule has 0 saturated heterocycles. The first-order valence-corrected chi connectivity index (χ1v) is 4.87. The number of benzene rings is 2. The molecule has 2 rings (SSSR count). The third kappa shape index (κ3) is 2.11. The lowest BCUT2D eigenvalue weighted by molar-refractivity contribution is -0.496. The van der Waals surface area contributed by atoms with Crippen LogP contribution in [0.15, 0.2) is 36.4 Å². The molecule has 0 unspecified atom stereocenters. The fraction of sp³-hybridized carbons (Fsp3) is 0.167. The number of rotatable bonds is 3. The van der Waals surface area contributed by atoms with E-state index >= 15 is 0 Å². The third-order valence-electron chi connectivity index (χ3n) is 2.42. The maximum absolute atomic E-state index is 10.4. The van der Waals surface area contributed by atoms with Gasteiger partial charge >= 0.3 is 0 Å². The van der Waals surface area contributed by atoms with Gasteiger partial charge in [-0.25, -0.2) is 0 Å². The summed E-state index contributed by atoms with van der Waals surface area (Å²) in [6.07, 6.45) is 0. The smallest absolute Gasteiger partial charge is 0.228 e. The van der Waals surface area contributed by atoms with Gasteiger partial charge in [-0.05, 0) is 29.0 Å². The second kappa shape index (κ2) is 4.18. The Morgan fingerprint density at radius 1 is 1.19 bits per heavy atom. The van der Waals surface area contributed by atoms with Crippen LogP contribution in [0.3, 0.4) is 0 Å². The van der Waals surface area contributed by atoms with Gasteiger partial charge in [0.1, 0.15) is 5.75 Å². The van der Waals surface area contributed by atoms with Crippen LogP contribution in [0.4, 0.5) is 0 Å². The Kier molecular flexibility index (Phi) is 2.72. The van der Waals surface area contributed by atoms with E-state index in [-0.39, 0.29) is 11.5 Å². The van der Waals surface area contributed by atoms with Crippen molar-refractivity contribution in [3.63, 3.8) is 0 Å². The zero-order chi connectivity index (χ0) is 11.5. The van der Waals surface area contributed by atoms with Crippen LogP contribution in [0, 0.1) is 10.1 Å². The minimum Gasteiger partial charge on any atom is -0.497 e. The molecule has 4 nitrogen and oxygen atoms in total. The highest BCUT2D eigenvalue weighted by Gasteiger charge is 2.03. The van der Waals surface area contributed by atoms with Gasteiger partial charge in [-0.15, -0.1) is 0 Å². The van der Waals surface area contributed by atoms with Crippen LogP contribution < -0.4 is 4.74 Å². The highest BCUT2D eigenvalue weighted by molar-refractivity contribution is 5.84. The Hall–Kier alpha value is -2.10. The summed E-state index contributed by atoms with van der Waals surface area (Å²) in [5.74, 6) is 0.787. The molecule has 2 aromatic carbocycles. The topological polar surface area (TPSA) is 52.4 Å². The molecule has 0 atom stereocenters. The molecular formula is C12H11NO3. The number of hydrogen-bond acceptors (Lipinski definition) is 3. The number of nitrogens with zero attached hydrogens (tertiary/aromatic N) is 1. The molecule has 0 heterocycles. The second-order valence-electron chi connectivity index (χ2n) is 3.54. The summed E-state index contributed by atoms with van der Waals surface area (Å²) in [6, 6.07) is 11.1. The fourth-order valence-corrected chi connectivity index (χ4v) is 1.65. The molecule has 2 aromatic rings. The van der Waals surface area contributed by atoms with Crippen molar-refractivity contribution in [3.8, 4) is 5.75 Å². The lowest BCUT2D eigenvalue weighted by atomic mass is 10.1. The molecule has 0 saturated carbocycles. The summed E-state index contributed by atoms with van der Waals surface area (Å²) < 4.78 is 5.11. The average molecular weight is 217 g/mol. The van der Waals surface area contributed by atoms with E-state index in [0.717, 1.165) is 16.5 Å². The largest absolute Gasteiger partial charge is 0.497 e. The Bertz CT molecular complexity index is 537. The van der Waals surface area contributed by atoms with Gasteiger partial charge in [0.25, 0.3) is 0 Å². The van der Waals surface area contributed by atoms with Crippen molar-refractivity contribution in [1.82, 2.24) is 0 Å². The summed E-state index contributed by atoms with van der Waals surface area (Å²) in [7, 11) is 1.61. The van der Waals surface area contributed by atoms with Gasteiger partial charge in [-0.3, -0.25) is 10.1 Å². The van der Waals surface area contributed by atoms with E-state index < -0.39 is 0 Å². The van der Waals surface area contributed by atoms with E-state index in [1.807, 2.05) is 30.3 Å². The van der Waals surface area contributed by atoms with E-state index in [9.17, 15) is 10.1 Å². The normalized spacial score (nSPS) is 10.3. The Labute approximate surface area is 92.6 Å². The van der Waals surface area contributed by atoms with Gasteiger partial charge in [0, 0.05) is 10.5 Å². The number of ether oxygens (including phenoxy) is 1. The van der Waals surface area contributed by atoms with Gasteiger partial charge in [-0.1, -0.05) is 18.2 Å². The van der Waals surface area contributed by atoms with Gasteiger partial charge < -0.3 is 4.74 Å². The molecule has 0 fully saturated rings. The first-order valence-electron chi connectivity index (χ1n) is 4.87. The standard InChI is InChI=1S/C12H11NO3/c1-16-12-5-4-10-6-9(8-13(14)15)2-3-11(10)7-12/h2-7H,8H2,1H3. The van der Waals surface area contributed by atoms with Crippen molar-refractivity contribution in [2.75, 3.05) is 7.11 Å². The number of nitro groups is 1.